The number of nitrogen functional groups attached to an aromatic ring is 1. The van der Waals surface area contributed by atoms with E-state index in [1.165, 1.54) is 10.4 Å². The first kappa shape index (κ1) is 17.8. The Morgan fingerprint density at radius 1 is 1.04 bits per heavy atom. The summed E-state index contributed by atoms with van der Waals surface area (Å²) in [4.78, 5) is 26.3. The van der Waals surface area contributed by atoms with Gasteiger partial charge in [0.2, 0.25) is 11.9 Å². The van der Waals surface area contributed by atoms with Crippen molar-refractivity contribution >= 4 is 45.2 Å². The standard InChI is InChI=1S/C16H21N7S2/c1-7-8(2)24-13-11(7)14(19-10(4)18-13)25-9(3)12-20-15(17)22-16(21-12)23(5)6/h9H,1-6H3,(H2,17,20,21,22)/t9-/m1/s1. The molecule has 7 nitrogen and oxygen atoms in total. The molecule has 0 saturated heterocycles. The lowest BCUT2D eigenvalue weighted by Gasteiger charge is -2.15. The quantitative estimate of drug-likeness (QED) is 0.548. The van der Waals surface area contributed by atoms with Crippen LogP contribution in [0.2, 0.25) is 0 Å². The van der Waals surface area contributed by atoms with Crippen molar-refractivity contribution in [2.45, 2.75) is 38.0 Å². The van der Waals surface area contributed by atoms with Gasteiger partial charge in [-0.3, -0.25) is 0 Å². The molecule has 0 aliphatic carbocycles. The topological polar surface area (TPSA) is 93.7 Å². The molecule has 0 spiro atoms. The Balaban J connectivity index is 2.01. The molecule has 0 bridgehead atoms. The molecule has 3 aromatic heterocycles. The number of nitrogens with two attached hydrogens (primary N) is 1. The number of aryl methyl sites for hydroxylation is 3. The molecule has 0 radical (unpaired) electrons. The first-order chi connectivity index (χ1) is 11.8. The van der Waals surface area contributed by atoms with Crippen LogP contribution in [0.5, 0.6) is 0 Å². The molecule has 3 rings (SSSR count). The van der Waals surface area contributed by atoms with Crippen molar-refractivity contribution in [3.63, 3.8) is 0 Å². The molecule has 0 fully saturated rings. The van der Waals surface area contributed by atoms with Crippen molar-refractivity contribution in [3.8, 4) is 0 Å². The van der Waals surface area contributed by atoms with Crippen LogP contribution in [0.1, 0.15) is 34.3 Å². The van der Waals surface area contributed by atoms with Crippen molar-refractivity contribution in [2.75, 3.05) is 24.7 Å². The zero-order valence-corrected chi connectivity index (χ0v) is 16.8. The average molecular weight is 376 g/mol. The van der Waals surface area contributed by atoms with E-state index in [4.69, 9.17) is 5.73 Å². The fourth-order valence-electron chi connectivity index (χ4n) is 2.40. The molecule has 2 N–H and O–H groups in total. The Morgan fingerprint density at radius 2 is 1.76 bits per heavy atom. The van der Waals surface area contributed by atoms with Gasteiger partial charge in [-0.05, 0) is 33.3 Å². The summed E-state index contributed by atoms with van der Waals surface area (Å²) < 4.78 is 0. The van der Waals surface area contributed by atoms with E-state index in [2.05, 4.69) is 45.7 Å². The zero-order chi connectivity index (χ0) is 18.3. The molecule has 25 heavy (non-hydrogen) atoms. The number of nitrogens with zero attached hydrogens (tertiary/aromatic N) is 6. The smallest absolute Gasteiger partial charge is 0.229 e. The van der Waals surface area contributed by atoms with Crippen LogP contribution in [0.3, 0.4) is 0 Å². The molecule has 3 aromatic rings. The Kier molecular flexibility index (Phi) is 4.79. The molecule has 132 valence electrons. The summed E-state index contributed by atoms with van der Waals surface area (Å²) in [6, 6.07) is 0. The number of anilines is 2. The number of fused-ring (bicyclic) bond motifs is 1. The fraction of sp³-hybridized carbons (Fsp3) is 0.438. The monoisotopic (exact) mass is 375 g/mol. The van der Waals surface area contributed by atoms with Crippen molar-refractivity contribution in [1.82, 2.24) is 24.9 Å². The predicted molar refractivity (Wildman–Crippen MR) is 104 cm³/mol. The molecular weight excluding hydrogens is 354 g/mol. The van der Waals surface area contributed by atoms with Crippen molar-refractivity contribution in [1.29, 1.82) is 0 Å². The van der Waals surface area contributed by atoms with Gasteiger partial charge in [0, 0.05) is 24.4 Å². The summed E-state index contributed by atoms with van der Waals surface area (Å²) in [5, 5.41) is 2.07. The second kappa shape index (κ2) is 6.72. The van der Waals surface area contributed by atoms with Crippen LogP contribution in [0.4, 0.5) is 11.9 Å². The average Bonchev–Trinajstić information content (AvgIpc) is 2.81. The summed E-state index contributed by atoms with van der Waals surface area (Å²) in [7, 11) is 3.76. The van der Waals surface area contributed by atoms with Crippen molar-refractivity contribution < 1.29 is 0 Å². The SMILES string of the molecule is Cc1nc(S[C@H](C)c2nc(N)nc(N(C)C)n2)c2c(C)c(C)sc2n1. The van der Waals surface area contributed by atoms with E-state index in [1.54, 1.807) is 23.1 Å². The number of thiophene rings is 1. The van der Waals surface area contributed by atoms with Crippen LogP contribution in [0, 0.1) is 20.8 Å². The third-order valence-electron chi connectivity index (χ3n) is 3.82. The van der Waals surface area contributed by atoms with Gasteiger partial charge in [-0.25, -0.2) is 9.97 Å². The molecule has 0 amide bonds. The summed E-state index contributed by atoms with van der Waals surface area (Å²) in [6.07, 6.45) is 0. The van der Waals surface area contributed by atoms with Crippen LogP contribution in [0.15, 0.2) is 5.03 Å². The van der Waals surface area contributed by atoms with Gasteiger partial charge in [0.15, 0.2) is 0 Å². The third kappa shape index (κ3) is 3.52. The molecular formula is C16H21N7S2. The lowest BCUT2D eigenvalue weighted by molar-refractivity contribution is 0.862. The number of thioether (sulfide) groups is 1. The van der Waals surface area contributed by atoms with Crippen LogP contribution in [-0.2, 0) is 0 Å². The molecule has 1 atom stereocenters. The number of hydrogen-bond donors (Lipinski definition) is 1. The normalized spacial score (nSPS) is 12.6. The second-order valence-electron chi connectivity index (χ2n) is 6.05. The van der Waals surface area contributed by atoms with E-state index in [9.17, 15) is 0 Å². The highest BCUT2D eigenvalue weighted by Crippen LogP contribution is 2.40. The van der Waals surface area contributed by atoms with Crippen molar-refractivity contribution in [2.24, 2.45) is 0 Å². The third-order valence-corrected chi connectivity index (χ3v) is 6.00. The maximum absolute atomic E-state index is 5.85. The molecule has 0 aliphatic heterocycles. The summed E-state index contributed by atoms with van der Waals surface area (Å²) >= 11 is 3.33. The van der Waals surface area contributed by atoms with Crippen LogP contribution in [0.25, 0.3) is 10.2 Å². The highest BCUT2D eigenvalue weighted by atomic mass is 32.2. The van der Waals surface area contributed by atoms with Crippen LogP contribution >= 0.6 is 23.1 Å². The summed E-state index contributed by atoms with van der Waals surface area (Å²) in [5.74, 6) is 2.21. The predicted octanol–water partition coefficient (Wildman–Crippen LogP) is 3.30. The van der Waals surface area contributed by atoms with Gasteiger partial charge in [0.25, 0.3) is 0 Å². The lowest BCUT2D eigenvalue weighted by atomic mass is 10.2. The minimum absolute atomic E-state index is 0.0129. The van der Waals surface area contributed by atoms with Gasteiger partial charge in [-0.2, -0.15) is 15.0 Å². The van der Waals surface area contributed by atoms with Gasteiger partial charge in [0.1, 0.15) is 21.5 Å². The largest absolute Gasteiger partial charge is 0.368 e. The first-order valence-electron chi connectivity index (χ1n) is 7.86. The van der Waals surface area contributed by atoms with E-state index < -0.39 is 0 Å². The van der Waals surface area contributed by atoms with E-state index >= 15 is 0 Å². The number of aromatic nitrogens is 5. The fourth-order valence-corrected chi connectivity index (χ4v) is 4.64. The summed E-state index contributed by atoms with van der Waals surface area (Å²) in [6.45, 7) is 8.21. The van der Waals surface area contributed by atoms with Crippen molar-refractivity contribution in [3.05, 3.63) is 22.1 Å². The van der Waals surface area contributed by atoms with E-state index in [0.717, 1.165) is 21.1 Å². The van der Waals surface area contributed by atoms with E-state index in [0.29, 0.717) is 11.8 Å². The van der Waals surface area contributed by atoms with Crippen LogP contribution < -0.4 is 10.6 Å². The zero-order valence-electron chi connectivity index (χ0n) is 15.2. The Labute approximate surface area is 155 Å². The molecule has 0 unspecified atom stereocenters. The molecule has 0 aliphatic rings. The summed E-state index contributed by atoms with van der Waals surface area (Å²) in [5.41, 5.74) is 7.08. The Bertz CT molecular complexity index is 936. The molecule has 0 aromatic carbocycles. The minimum Gasteiger partial charge on any atom is -0.368 e. The minimum atomic E-state index is -0.0129. The Hall–Kier alpha value is -2.00. The number of rotatable bonds is 4. The Morgan fingerprint density at radius 3 is 2.44 bits per heavy atom. The number of hydrogen-bond acceptors (Lipinski definition) is 9. The highest BCUT2D eigenvalue weighted by Gasteiger charge is 2.19. The van der Waals surface area contributed by atoms with E-state index in [-0.39, 0.29) is 11.2 Å². The van der Waals surface area contributed by atoms with Gasteiger partial charge >= 0.3 is 0 Å². The van der Waals surface area contributed by atoms with Gasteiger partial charge < -0.3 is 10.6 Å². The maximum atomic E-state index is 5.85. The molecule has 9 heteroatoms. The van der Waals surface area contributed by atoms with Gasteiger partial charge in [-0.15, -0.1) is 11.3 Å². The molecule has 3 heterocycles. The maximum Gasteiger partial charge on any atom is 0.229 e. The highest BCUT2D eigenvalue weighted by molar-refractivity contribution is 7.99. The molecule has 0 saturated carbocycles. The van der Waals surface area contributed by atoms with Gasteiger partial charge in [-0.1, -0.05) is 11.8 Å². The second-order valence-corrected chi connectivity index (χ2v) is 8.58. The lowest BCUT2D eigenvalue weighted by Crippen LogP contribution is -2.16. The van der Waals surface area contributed by atoms with E-state index in [1.807, 2.05) is 25.9 Å². The van der Waals surface area contributed by atoms with Crippen LogP contribution in [-0.4, -0.2) is 39.0 Å². The van der Waals surface area contributed by atoms with Gasteiger partial charge in [0.05, 0.1) is 5.25 Å². The first-order valence-corrected chi connectivity index (χ1v) is 9.55.